The number of aromatic nitrogens is 2. The van der Waals surface area contributed by atoms with Crippen LogP contribution in [0, 0.1) is 0 Å². The second kappa shape index (κ2) is 7.90. The summed E-state index contributed by atoms with van der Waals surface area (Å²) >= 11 is 0. The Morgan fingerprint density at radius 3 is 2.81 bits per heavy atom. The van der Waals surface area contributed by atoms with Crippen LogP contribution in [0.2, 0.25) is 0 Å². The lowest BCUT2D eigenvalue weighted by atomic mass is 10.1. The quantitative estimate of drug-likeness (QED) is 0.728. The molecular formula is C14H22N4O3. The maximum Gasteiger partial charge on any atom is 0.356 e. The van der Waals surface area contributed by atoms with Crippen LogP contribution in [0.4, 0.5) is 5.82 Å². The molecule has 1 saturated heterocycles. The Hall–Kier alpha value is -1.73. The zero-order chi connectivity index (χ0) is 15.1. The monoisotopic (exact) mass is 294 g/mol. The topological polar surface area (TPSA) is 87.6 Å². The lowest BCUT2D eigenvalue weighted by Gasteiger charge is -2.28. The van der Waals surface area contributed by atoms with E-state index in [0.29, 0.717) is 11.9 Å². The van der Waals surface area contributed by atoms with Gasteiger partial charge in [-0.2, -0.15) is 0 Å². The summed E-state index contributed by atoms with van der Waals surface area (Å²) in [6, 6.07) is 3.06. The molecule has 7 nitrogen and oxygen atoms in total. The summed E-state index contributed by atoms with van der Waals surface area (Å²) in [7, 11) is 2.14. The van der Waals surface area contributed by atoms with Crippen molar-refractivity contribution < 1.29 is 14.6 Å². The van der Waals surface area contributed by atoms with E-state index in [0.717, 1.165) is 45.5 Å². The highest BCUT2D eigenvalue weighted by Gasteiger charge is 2.16. The SMILES string of the molecule is CN1CCC(OCCCNc2ccc(C(=O)O)nn2)CC1. The first-order valence-corrected chi connectivity index (χ1v) is 7.26. The van der Waals surface area contributed by atoms with Crippen LogP contribution in [-0.2, 0) is 4.74 Å². The fourth-order valence-corrected chi connectivity index (χ4v) is 2.23. The van der Waals surface area contributed by atoms with Gasteiger partial charge in [-0.15, -0.1) is 10.2 Å². The van der Waals surface area contributed by atoms with E-state index >= 15 is 0 Å². The predicted molar refractivity (Wildman–Crippen MR) is 78.6 cm³/mol. The average Bonchev–Trinajstić information content (AvgIpc) is 2.49. The number of carboxylic acids is 1. The molecule has 0 aromatic carbocycles. The first kappa shape index (κ1) is 15.7. The van der Waals surface area contributed by atoms with Crippen molar-refractivity contribution in [3.05, 3.63) is 17.8 Å². The Kier molecular flexibility index (Phi) is 5.89. The van der Waals surface area contributed by atoms with Gasteiger partial charge in [0.05, 0.1) is 6.10 Å². The highest BCUT2D eigenvalue weighted by Crippen LogP contribution is 2.12. The van der Waals surface area contributed by atoms with Gasteiger partial charge < -0.3 is 20.1 Å². The molecule has 0 radical (unpaired) electrons. The van der Waals surface area contributed by atoms with Gasteiger partial charge in [0.25, 0.3) is 0 Å². The van der Waals surface area contributed by atoms with Crippen molar-refractivity contribution in [3.8, 4) is 0 Å². The van der Waals surface area contributed by atoms with Crippen LogP contribution in [0.15, 0.2) is 12.1 Å². The Morgan fingerprint density at radius 1 is 1.43 bits per heavy atom. The number of aromatic carboxylic acids is 1. The van der Waals surface area contributed by atoms with Crippen LogP contribution in [0.5, 0.6) is 0 Å². The standard InChI is InChI=1S/C14H22N4O3/c1-18-8-5-11(6-9-18)21-10-2-7-15-13-4-3-12(14(19)20)16-17-13/h3-4,11H,2,5-10H2,1H3,(H,15,17)(H,19,20). The van der Waals surface area contributed by atoms with Crippen LogP contribution in [-0.4, -0.2) is 65.6 Å². The Bertz CT molecular complexity index is 444. The third-order valence-electron chi connectivity index (χ3n) is 3.53. The molecule has 2 rings (SSSR count). The largest absolute Gasteiger partial charge is 0.476 e. The van der Waals surface area contributed by atoms with Crippen LogP contribution >= 0.6 is 0 Å². The lowest BCUT2D eigenvalue weighted by Crippen LogP contribution is -2.34. The van der Waals surface area contributed by atoms with E-state index in [1.165, 1.54) is 6.07 Å². The molecule has 21 heavy (non-hydrogen) atoms. The molecule has 0 aliphatic carbocycles. The number of carboxylic acid groups (broad SMARTS) is 1. The summed E-state index contributed by atoms with van der Waals surface area (Å²) in [4.78, 5) is 13.0. The first-order valence-electron chi connectivity index (χ1n) is 7.26. The zero-order valence-corrected chi connectivity index (χ0v) is 12.3. The fraction of sp³-hybridized carbons (Fsp3) is 0.643. The number of rotatable bonds is 7. The third-order valence-corrected chi connectivity index (χ3v) is 3.53. The molecule has 116 valence electrons. The van der Waals surface area contributed by atoms with Crippen molar-refractivity contribution in [1.29, 1.82) is 0 Å². The maximum absolute atomic E-state index is 10.6. The minimum Gasteiger partial charge on any atom is -0.476 e. The van der Waals surface area contributed by atoms with Gasteiger partial charge in [0.1, 0.15) is 5.82 Å². The molecule has 2 N–H and O–H groups in total. The van der Waals surface area contributed by atoms with Crippen molar-refractivity contribution in [2.75, 3.05) is 38.6 Å². The Balaban J connectivity index is 1.58. The summed E-state index contributed by atoms with van der Waals surface area (Å²) in [5.74, 6) is -0.486. The molecule has 1 fully saturated rings. The van der Waals surface area contributed by atoms with Gasteiger partial charge >= 0.3 is 5.97 Å². The van der Waals surface area contributed by atoms with Crippen molar-refractivity contribution in [2.45, 2.75) is 25.4 Å². The molecule has 0 amide bonds. The first-order chi connectivity index (χ1) is 10.1. The van der Waals surface area contributed by atoms with Crippen LogP contribution in [0.25, 0.3) is 0 Å². The summed E-state index contributed by atoms with van der Waals surface area (Å²) in [6.07, 6.45) is 3.48. The number of piperidine rings is 1. The molecule has 1 aromatic rings. The second-order valence-electron chi connectivity index (χ2n) is 5.26. The van der Waals surface area contributed by atoms with Gasteiger partial charge in [-0.1, -0.05) is 0 Å². The van der Waals surface area contributed by atoms with Crippen LogP contribution < -0.4 is 5.32 Å². The van der Waals surface area contributed by atoms with E-state index in [1.807, 2.05) is 0 Å². The number of anilines is 1. The van der Waals surface area contributed by atoms with Gasteiger partial charge in [0.15, 0.2) is 5.69 Å². The third kappa shape index (κ3) is 5.28. The summed E-state index contributed by atoms with van der Waals surface area (Å²) in [6.45, 7) is 3.67. The lowest BCUT2D eigenvalue weighted by molar-refractivity contribution is 0.0125. The highest BCUT2D eigenvalue weighted by atomic mass is 16.5. The van der Waals surface area contributed by atoms with E-state index in [-0.39, 0.29) is 5.69 Å². The molecule has 1 aliphatic rings. The van der Waals surface area contributed by atoms with Crippen molar-refractivity contribution in [3.63, 3.8) is 0 Å². The molecule has 0 spiro atoms. The molecule has 1 aliphatic heterocycles. The molecule has 1 aromatic heterocycles. The molecule has 0 bridgehead atoms. The molecule has 0 unspecified atom stereocenters. The van der Waals surface area contributed by atoms with E-state index in [4.69, 9.17) is 9.84 Å². The van der Waals surface area contributed by atoms with Crippen molar-refractivity contribution >= 4 is 11.8 Å². The minimum atomic E-state index is -1.07. The van der Waals surface area contributed by atoms with E-state index < -0.39 is 5.97 Å². The maximum atomic E-state index is 10.6. The van der Waals surface area contributed by atoms with Crippen molar-refractivity contribution in [1.82, 2.24) is 15.1 Å². The number of nitrogens with one attached hydrogen (secondary N) is 1. The molecule has 0 atom stereocenters. The molecule has 2 heterocycles. The number of hydrogen-bond acceptors (Lipinski definition) is 6. The summed E-state index contributed by atoms with van der Waals surface area (Å²) < 4.78 is 5.84. The predicted octanol–water partition coefficient (Wildman–Crippen LogP) is 1.09. The van der Waals surface area contributed by atoms with Gasteiger partial charge in [0.2, 0.25) is 0 Å². The highest BCUT2D eigenvalue weighted by molar-refractivity contribution is 5.85. The Labute approximate surface area is 124 Å². The number of hydrogen-bond donors (Lipinski definition) is 2. The van der Waals surface area contributed by atoms with E-state index in [9.17, 15) is 4.79 Å². The van der Waals surface area contributed by atoms with E-state index in [1.54, 1.807) is 6.07 Å². The normalized spacial score (nSPS) is 16.8. The van der Waals surface area contributed by atoms with Gasteiger partial charge in [-0.05, 0) is 38.4 Å². The van der Waals surface area contributed by atoms with Gasteiger partial charge in [-0.3, -0.25) is 0 Å². The summed E-state index contributed by atoms with van der Waals surface area (Å²) in [5, 5.41) is 19.2. The van der Waals surface area contributed by atoms with E-state index in [2.05, 4.69) is 27.5 Å². The Morgan fingerprint density at radius 2 is 2.19 bits per heavy atom. The number of ether oxygens (including phenoxy) is 1. The van der Waals surface area contributed by atoms with Crippen LogP contribution in [0.1, 0.15) is 29.8 Å². The van der Waals surface area contributed by atoms with Crippen LogP contribution in [0.3, 0.4) is 0 Å². The second-order valence-corrected chi connectivity index (χ2v) is 5.26. The number of nitrogens with zero attached hydrogens (tertiary/aromatic N) is 3. The number of likely N-dealkylation sites (tertiary alicyclic amines) is 1. The molecule has 0 saturated carbocycles. The fourth-order valence-electron chi connectivity index (χ4n) is 2.23. The molecular weight excluding hydrogens is 272 g/mol. The number of carbonyl (C=O) groups is 1. The molecule has 7 heteroatoms. The van der Waals surface area contributed by atoms with Crippen molar-refractivity contribution in [2.24, 2.45) is 0 Å². The van der Waals surface area contributed by atoms with Gasteiger partial charge in [0, 0.05) is 26.2 Å². The zero-order valence-electron chi connectivity index (χ0n) is 12.3. The smallest absolute Gasteiger partial charge is 0.356 e. The van der Waals surface area contributed by atoms with Gasteiger partial charge in [-0.25, -0.2) is 4.79 Å². The minimum absolute atomic E-state index is 0.0499. The summed E-state index contributed by atoms with van der Waals surface area (Å²) in [5.41, 5.74) is -0.0499. The average molecular weight is 294 g/mol.